The van der Waals surface area contributed by atoms with Crippen LogP contribution in [0.3, 0.4) is 0 Å². The van der Waals surface area contributed by atoms with Crippen molar-refractivity contribution in [1.29, 1.82) is 0 Å². The summed E-state index contributed by atoms with van der Waals surface area (Å²) in [5, 5.41) is 0. The summed E-state index contributed by atoms with van der Waals surface area (Å²) in [4.78, 5) is 25.8. The lowest BCUT2D eigenvalue weighted by molar-refractivity contribution is 0.0106. The molecule has 6 nitrogen and oxygen atoms in total. The van der Waals surface area contributed by atoms with Crippen molar-refractivity contribution >= 4 is 17.7 Å². The van der Waals surface area contributed by atoms with Crippen LogP contribution in [0, 0.1) is 0 Å². The Bertz CT molecular complexity index is 563. The molecule has 0 spiro atoms. The molecule has 23 heavy (non-hydrogen) atoms. The number of rotatable bonds is 3. The van der Waals surface area contributed by atoms with Crippen molar-refractivity contribution in [2.45, 2.75) is 45.3 Å². The van der Waals surface area contributed by atoms with Crippen LogP contribution in [0.1, 0.15) is 44.0 Å². The maximum Gasteiger partial charge on any atom is 0.410 e. The van der Waals surface area contributed by atoms with Crippen LogP contribution >= 0.6 is 0 Å². The molecule has 0 aromatic heterocycles. The van der Waals surface area contributed by atoms with Crippen LogP contribution in [0.4, 0.5) is 10.5 Å². The zero-order valence-corrected chi connectivity index (χ0v) is 13.9. The normalized spacial score (nSPS) is 17.9. The number of amides is 1. The first-order valence-electron chi connectivity index (χ1n) is 7.78. The van der Waals surface area contributed by atoms with Crippen LogP contribution in [0.15, 0.2) is 24.3 Å². The van der Waals surface area contributed by atoms with Crippen molar-refractivity contribution in [3.05, 3.63) is 29.8 Å². The van der Waals surface area contributed by atoms with E-state index in [2.05, 4.69) is 0 Å². The van der Waals surface area contributed by atoms with Crippen LogP contribution in [0.25, 0.3) is 0 Å². The Labute approximate surface area is 136 Å². The van der Waals surface area contributed by atoms with Crippen LogP contribution in [-0.4, -0.2) is 41.8 Å². The number of benzene rings is 1. The highest BCUT2D eigenvalue weighted by Gasteiger charge is 2.33. The maximum absolute atomic E-state index is 12.2. The minimum atomic E-state index is -0.537. The van der Waals surface area contributed by atoms with E-state index >= 15 is 0 Å². The van der Waals surface area contributed by atoms with Crippen LogP contribution in [-0.2, 0) is 9.47 Å². The number of nitrogen functional groups attached to an aromatic ring is 1. The van der Waals surface area contributed by atoms with Crippen molar-refractivity contribution in [2.75, 3.05) is 18.9 Å². The van der Waals surface area contributed by atoms with Gasteiger partial charge in [-0.3, -0.25) is 0 Å². The van der Waals surface area contributed by atoms with Gasteiger partial charge in [0.05, 0.1) is 11.6 Å². The molecule has 1 aliphatic rings. The van der Waals surface area contributed by atoms with E-state index < -0.39 is 11.6 Å². The minimum Gasteiger partial charge on any atom is -0.460 e. The zero-order valence-electron chi connectivity index (χ0n) is 13.9. The Morgan fingerprint density at radius 1 is 1.26 bits per heavy atom. The second-order valence-electron chi connectivity index (χ2n) is 6.69. The van der Waals surface area contributed by atoms with Crippen molar-refractivity contribution in [2.24, 2.45) is 0 Å². The van der Waals surface area contributed by atoms with Crippen LogP contribution in [0.5, 0.6) is 0 Å². The molecule has 1 heterocycles. The summed E-state index contributed by atoms with van der Waals surface area (Å²) < 4.78 is 10.7. The molecule has 0 unspecified atom stereocenters. The van der Waals surface area contributed by atoms with Crippen LogP contribution < -0.4 is 5.73 Å². The molecule has 6 heteroatoms. The molecule has 1 amide bonds. The first-order chi connectivity index (χ1) is 10.8. The largest absolute Gasteiger partial charge is 0.460 e. The highest BCUT2D eigenvalue weighted by atomic mass is 16.6. The van der Waals surface area contributed by atoms with Gasteiger partial charge in [0.25, 0.3) is 0 Å². The van der Waals surface area contributed by atoms with Gasteiger partial charge in [-0.15, -0.1) is 0 Å². The lowest BCUT2D eigenvalue weighted by atomic mass is 10.2. The third kappa shape index (κ3) is 4.87. The molecular formula is C17H24N2O4. The van der Waals surface area contributed by atoms with Crippen LogP contribution in [0.2, 0.25) is 0 Å². The summed E-state index contributed by atoms with van der Waals surface area (Å²) in [6.07, 6.45) is 1.32. The fraction of sp³-hybridized carbons (Fsp3) is 0.529. The predicted octanol–water partition coefficient (Wildman–Crippen LogP) is 2.83. The molecular weight excluding hydrogens is 296 g/mol. The number of hydrogen-bond acceptors (Lipinski definition) is 5. The monoisotopic (exact) mass is 320 g/mol. The van der Waals surface area contributed by atoms with Gasteiger partial charge < -0.3 is 20.1 Å². The smallest absolute Gasteiger partial charge is 0.410 e. The molecule has 1 fully saturated rings. The average molecular weight is 320 g/mol. The fourth-order valence-electron chi connectivity index (χ4n) is 2.44. The van der Waals surface area contributed by atoms with E-state index in [1.807, 2.05) is 20.8 Å². The van der Waals surface area contributed by atoms with Crippen molar-refractivity contribution in [3.63, 3.8) is 0 Å². The summed E-state index contributed by atoms with van der Waals surface area (Å²) in [6.45, 7) is 6.28. The Morgan fingerprint density at radius 2 is 1.91 bits per heavy atom. The second kappa shape index (κ2) is 6.89. The maximum atomic E-state index is 12.2. The van der Waals surface area contributed by atoms with E-state index in [9.17, 15) is 9.59 Å². The van der Waals surface area contributed by atoms with E-state index in [4.69, 9.17) is 15.2 Å². The van der Waals surface area contributed by atoms with Gasteiger partial charge >= 0.3 is 12.1 Å². The first kappa shape index (κ1) is 17.1. The number of carbonyl (C=O) groups excluding carboxylic acids is 2. The van der Waals surface area contributed by atoms with Gasteiger partial charge in [-0.1, -0.05) is 0 Å². The fourth-order valence-corrected chi connectivity index (χ4v) is 2.44. The molecule has 0 saturated carbocycles. The Kier molecular flexibility index (Phi) is 5.13. The van der Waals surface area contributed by atoms with Gasteiger partial charge in [-0.25, -0.2) is 9.59 Å². The first-order valence-corrected chi connectivity index (χ1v) is 7.78. The summed E-state index contributed by atoms with van der Waals surface area (Å²) in [5.41, 5.74) is 6.09. The van der Waals surface area contributed by atoms with Gasteiger partial charge in [0.15, 0.2) is 0 Å². The van der Waals surface area contributed by atoms with Gasteiger partial charge in [0, 0.05) is 12.2 Å². The Morgan fingerprint density at radius 3 is 2.52 bits per heavy atom. The molecule has 0 aliphatic carbocycles. The quantitative estimate of drug-likeness (QED) is 0.684. The molecule has 2 N–H and O–H groups in total. The van der Waals surface area contributed by atoms with Crippen molar-refractivity contribution in [1.82, 2.24) is 4.90 Å². The highest BCUT2D eigenvalue weighted by molar-refractivity contribution is 5.89. The average Bonchev–Trinajstić information content (AvgIpc) is 2.92. The van der Waals surface area contributed by atoms with E-state index in [0.29, 0.717) is 17.8 Å². The molecule has 1 atom stereocenters. The second-order valence-corrected chi connectivity index (χ2v) is 6.69. The lowest BCUT2D eigenvalue weighted by Gasteiger charge is -2.28. The van der Waals surface area contributed by atoms with Gasteiger partial charge in [-0.2, -0.15) is 0 Å². The molecule has 126 valence electrons. The third-order valence-corrected chi connectivity index (χ3v) is 3.56. The number of esters is 1. The number of carbonyl (C=O) groups is 2. The number of anilines is 1. The van der Waals surface area contributed by atoms with Crippen molar-refractivity contribution in [3.8, 4) is 0 Å². The lowest BCUT2D eigenvalue weighted by Crippen LogP contribution is -2.42. The van der Waals surface area contributed by atoms with E-state index in [1.54, 1.807) is 29.2 Å². The topological polar surface area (TPSA) is 81.9 Å². The zero-order chi connectivity index (χ0) is 17.0. The molecule has 0 radical (unpaired) electrons. The molecule has 0 bridgehead atoms. The minimum absolute atomic E-state index is 0.136. The van der Waals surface area contributed by atoms with Crippen molar-refractivity contribution < 1.29 is 19.1 Å². The summed E-state index contributed by atoms with van der Waals surface area (Å²) >= 11 is 0. The number of nitrogens with zero attached hydrogens (tertiary/aromatic N) is 1. The Hall–Kier alpha value is -2.24. The highest BCUT2D eigenvalue weighted by Crippen LogP contribution is 2.21. The van der Waals surface area contributed by atoms with E-state index in [1.165, 1.54) is 0 Å². The summed E-state index contributed by atoms with van der Waals surface area (Å²) in [6, 6.07) is 6.41. The number of likely N-dealkylation sites (tertiary alicyclic amines) is 1. The molecule has 1 saturated heterocycles. The number of ether oxygens (including phenoxy) is 2. The molecule has 1 aliphatic heterocycles. The Balaban J connectivity index is 1.90. The number of nitrogens with two attached hydrogens (primary N) is 1. The van der Waals surface area contributed by atoms with Gasteiger partial charge in [-0.05, 0) is 57.9 Å². The van der Waals surface area contributed by atoms with E-state index in [-0.39, 0.29) is 18.7 Å². The molecule has 1 aromatic rings. The molecule has 1 aromatic carbocycles. The number of hydrogen-bond donors (Lipinski definition) is 1. The van der Waals surface area contributed by atoms with Gasteiger partial charge in [0.1, 0.15) is 12.2 Å². The SMILES string of the molecule is CC(C)(C)OC(=O)N1CCC[C@@H]1COC(=O)c1ccc(N)cc1. The van der Waals surface area contributed by atoms with Gasteiger partial charge in [0.2, 0.25) is 0 Å². The predicted molar refractivity (Wildman–Crippen MR) is 87.1 cm³/mol. The third-order valence-electron chi connectivity index (χ3n) is 3.56. The molecule has 2 rings (SSSR count). The summed E-state index contributed by atoms with van der Waals surface area (Å²) in [7, 11) is 0. The van der Waals surface area contributed by atoms with E-state index in [0.717, 1.165) is 12.8 Å². The standard InChI is InChI=1S/C17H24N2O4/c1-17(2,3)23-16(21)19-10-4-5-14(19)11-22-15(20)12-6-8-13(18)9-7-12/h6-9,14H,4-5,10-11,18H2,1-3H3/t14-/m1/s1. The summed E-state index contributed by atoms with van der Waals surface area (Å²) in [5.74, 6) is -0.416.